The van der Waals surface area contributed by atoms with Crippen LogP contribution < -0.4 is 21.9 Å². The Labute approximate surface area is 203 Å². The fourth-order valence-electron chi connectivity index (χ4n) is 4.34. The molecule has 1 fully saturated rings. The molecule has 1 aliphatic rings. The van der Waals surface area contributed by atoms with Crippen LogP contribution in [-0.4, -0.2) is 47.8 Å². The number of anilines is 1. The molecule has 0 amide bonds. The standard InChI is InChI=1S/C25H30N8O2/c1-4-6-15-32-21-22(29-24(32)31-14-9-10-18(26)17-31)30(3)25(35)33(23(21)34)16-8-7-11-20-19(5-2)27-12-13-28-20/h5,7,11-13,18H,2,8-10,14-17,26H2,1,3H3/b11-7-/t18-/m1/s1. The third kappa shape index (κ3) is 4.81. The van der Waals surface area contributed by atoms with Crippen molar-refractivity contribution in [3.05, 3.63) is 57.3 Å². The summed E-state index contributed by atoms with van der Waals surface area (Å²) in [6.45, 7) is 7.46. The summed E-state index contributed by atoms with van der Waals surface area (Å²) in [6, 6.07) is 0.0393. The molecule has 1 aliphatic heterocycles. The summed E-state index contributed by atoms with van der Waals surface area (Å²) in [5, 5.41) is 0. The zero-order chi connectivity index (χ0) is 24.9. The minimum absolute atomic E-state index is 0.0393. The Bertz CT molecular complexity index is 1450. The molecule has 0 spiro atoms. The molecule has 10 nitrogen and oxygen atoms in total. The normalized spacial score (nSPS) is 16.0. The van der Waals surface area contributed by atoms with Gasteiger partial charge in [-0.25, -0.2) is 4.79 Å². The Morgan fingerprint density at radius 2 is 2.00 bits per heavy atom. The van der Waals surface area contributed by atoms with Gasteiger partial charge in [0.15, 0.2) is 11.2 Å². The van der Waals surface area contributed by atoms with Crippen LogP contribution in [0.5, 0.6) is 0 Å². The van der Waals surface area contributed by atoms with Gasteiger partial charge in [0.05, 0.1) is 17.9 Å². The number of nitrogens with zero attached hydrogens (tertiary/aromatic N) is 7. The van der Waals surface area contributed by atoms with Crippen LogP contribution in [0.15, 0.2) is 34.6 Å². The topological polar surface area (TPSA) is 117 Å². The van der Waals surface area contributed by atoms with E-state index in [1.165, 1.54) is 9.13 Å². The van der Waals surface area contributed by atoms with Crippen molar-refractivity contribution in [3.63, 3.8) is 0 Å². The van der Waals surface area contributed by atoms with E-state index in [4.69, 9.17) is 10.7 Å². The van der Waals surface area contributed by atoms with E-state index in [9.17, 15) is 9.59 Å². The number of aryl methyl sites for hydroxylation is 1. The molecule has 3 aromatic rings. The molecule has 3 aromatic heterocycles. The van der Waals surface area contributed by atoms with Gasteiger partial charge in [0.2, 0.25) is 5.95 Å². The van der Waals surface area contributed by atoms with Crippen LogP contribution in [0.2, 0.25) is 0 Å². The third-order valence-electron chi connectivity index (χ3n) is 6.11. The lowest BCUT2D eigenvalue weighted by molar-refractivity contribution is 0.496. The van der Waals surface area contributed by atoms with Crippen molar-refractivity contribution in [2.24, 2.45) is 12.8 Å². The second-order valence-electron chi connectivity index (χ2n) is 8.47. The first kappa shape index (κ1) is 24.2. The van der Waals surface area contributed by atoms with Crippen molar-refractivity contribution >= 4 is 29.3 Å². The van der Waals surface area contributed by atoms with Gasteiger partial charge in [0.1, 0.15) is 0 Å². The Hall–Kier alpha value is -3.97. The van der Waals surface area contributed by atoms with Crippen molar-refractivity contribution < 1.29 is 0 Å². The highest BCUT2D eigenvalue weighted by atomic mass is 16.2. The van der Waals surface area contributed by atoms with Crippen LogP contribution in [0.4, 0.5) is 5.95 Å². The SMILES string of the molecule is C=Cc1nccnc1/C=C\CCn1c(=O)c2c(nc(N3CCC[C@@H](N)C3)n2CC#CC)n(C)c1=O. The maximum Gasteiger partial charge on any atom is 0.332 e. The van der Waals surface area contributed by atoms with E-state index in [1.54, 1.807) is 32.4 Å². The minimum Gasteiger partial charge on any atom is -0.341 e. The largest absolute Gasteiger partial charge is 0.341 e. The maximum absolute atomic E-state index is 13.5. The smallest absolute Gasteiger partial charge is 0.332 e. The first-order valence-corrected chi connectivity index (χ1v) is 11.7. The summed E-state index contributed by atoms with van der Waals surface area (Å²) in [4.78, 5) is 41.9. The molecule has 0 unspecified atom stereocenters. The van der Waals surface area contributed by atoms with Crippen LogP contribution in [0.1, 0.15) is 37.6 Å². The fraction of sp³-hybridized carbons (Fsp3) is 0.400. The molecule has 0 aliphatic carbocycles. The molecule has 2 N–H and O–H groups in total. The van der Waals surface area contributed by atoms with Crippen LogP contribution in [0, 0.1) is 11.8 Å². The summed E-state index contributed by atoms with van der Waals surface area (Å²) >= 11 is 0. The highest BCUT2D eigenvalue weighted by Crippen LogP contribution is 2.22. The molecular formula is C25H30N8O2. The molecule has 0 radical (unpaired) electrons. The van der Waals surface area contributed by atoms with Gasteiger partial charge < -0.3 is 10.6 Å². The molecule has 1 atom stereocenters. The van der Waals surface area contributed by atoms with Gasteiger partial charge in [-0.15, -0.1) is 5.92 Å². The number of fused-ring (bicyclic) bond motifs is 1. The van der Waals surface area contributed by atoms with E-state index in [2.05, 4.69) is 33.3 Å². The highest BCUT2D eigenvalue weighted by molar-refractivity contribution is 5.75. The fourth-order valence-corrected chi connectivity index (χ4v) is 4.34. The lowest BCUT2D eigenvalue weighted by Crippen LogP contribution is -2.44. The van der Waals surface area contributed by atoms with Gasteiger partial charge in [0.25, 0.3) is 5.56 Å². The molecule has 4 rings (SSSR count). The van der Waals surface area contributed by atoms with Crippen molar-refractivity contribution in [1.29, 1.82) is 0 Å². The van der Waals surface area contributed by atoms with Gasteiger partial charge in [0, 0.05) is 45.1 Å². The molecule has 182 valence electrons. The van der Waals surface area contributed by atoms with Crippen LogP contribution in [0.3, 0.4) is 0 Å². The molecular weight excluding hydrogens is 444 g/mol. The van der Waals surface area contributed by atoms with Gasteiger partial charge in [-0.3, -0.25) is 28.5 Å². The number of aromatic nitrogens is 6. The highest BCUT2D eigenvalue weighted by Gasteiger charge is 2.25. The van der Waals surface area contributed by atoms with E-state index >= 15 is 0 Å². The number of allylic oxidation sites excluding steroid dienone is 1. The number of nitrogens with two attached hydrogens (primary N) is 1. The minimum atomic E-state index is -0.407. The number of piperidine rings is 1. The molecule has 35 heavy (non-hydrogen) atoms. The maximum atomic E-state index is 13.5. The van der Waals surface area contributed by atoms with Crippen molar-refractivity contribution in [2.45, 2.75) is 45.3 Å². The summed E-state index contributed by atoms with van der Waals surface area (Å²) in [5.41, 5.74) is 7.49. The monoisotopic (exact) mass is 474 g/mol. The number of hydrogen-bond donors (Lipinski definition) is 1. The number of imidazole rings is 1. The predicted octanol–water partition coefficient (Wildman–Crippen LogP) is 1.38. The second kappa shape index (κ2) is 10.5. The van der Waals surface area contributed by atoms with E-state index in [1.807, 2.05) is 16.7 Å². The Morgan fingerprint density at radius 3 is 2.71 bits per heavy atom. The average molecular weight is 475 g/mol. The Morgan fingerprint density at radius 1 is 1.23 bits per heavy atom. The third-order valence-corrected chi connectivity index (χ3v) is 6.11. The quantitative estimate of drug-likeness (QED) is 0.514. The van der Waals surface area contributed by atoms with Gasteiger partial charge in [-0.1, -0.05) is 18.6 Å². The van der Waals surface area contributed by atoms with E-state index in [0.717, 1.165) is 19.4 Å². The molecule has 0 bridgehead atoms. The first-order valence-electron chi connectivity index (χ1n) is 11.7. The summed E-state index contributed by atoms with van der Waals surface area (Å²) < 4.78 is 4.50. The number of hydrogen-bond acceptors (Lipinski definition) is 7. The van der Waals surface area contributed by atoms with Crippen molar-refractivity contribution in [2.75, 3.05) is 18.0 Å². The molecule has 0 aromatic carbocycles. The lowest BCUT2D eigenvalue weighted by atomic mass is 10.1. The lowest BCUT2D eigenvalue weighted by Gasteiger charge is -2.31. The zero-order valence-corrected chi connectivity index (χ0v) is 20.1. The van der Waals surface area contributed by atoms with Crippen LogP contribution in [0.25, 0.3) is 23.3 Å². The Kier molecular flexibility index (Phi) is 7.27. The summed E-state index contributed by atoms with van der Waals surface area (Å²) in [6.07, 6.45) is 10.9. The number of rotatable bonds is 7. The van der Waals surface area contributed by atoms with E-state index < -0.39 is 5.69 Å². The van der Waals surface area contributed by atoms with Gasteiger partial charge in [-0.05, 0) is 38.3 Å². The Balaban J connectivity index is 1.72. The molecule has 4 heterocycles. The van der Waals surface area contributed by atoms with Crippen LogP contribution >= 0.6 is 0 Å². The molecule has 0 saturated carbocycles. The van der Waals surface area contributed by atoms with E-state index in [0.29, 0.717) is 48.0 Å². The van der Waals surface area contributed by atoms with E-state index in [-0.39, 0.29) is 18.1 Å². The second-order valence-corrected chi connectivity index (χ2v) is 8.47. The molecule has 10 heteroatoms. The van der Waals surface area contributed by atoms with Gasteiger partial charge >= 0.3 is 5.69 Å². The average Bonchev–Trinajstić information content (AvgIpc) is 3.25. The summed E-state index contributed by atoms with van der Waals surface area (Å²) in [5.74, 6) is 6.56. The first-order chi connectivity index (χ1) is 17.0. The predicted molar refractivity (Wildman–Crippen MR) is 138 cm³/mol. The summed E-state index contributed by atoms with van der Waals surface area (Å²) in [7, 11) is 1.64. The van der Waals surface area contributed by atoms with Crippen molar-refractivity contribution in [1.82, 2.24) is 28.7 Å². The van der Waals surface area contributed by atoms with Crippen LogP contribution in [-0.2, 0) is 20.1 Å². The molecule has 1 saturated heterocycles. The zero-order valence-electron chi connectivity index (χ0n) is 20.1. The van der Waals surface area contributed by atoms with Crippen molar-refractivity contribution in [3.8, 4) is 11.8 Å². The van der Waals surface area contributed by atoms with Gasteiger partial charge in [-0.2, -0.15) is 4.98 Å².